The normalized spacial score (nSPS) is 16.3. The Morgan fingerprint density at radius 1 is 0.800 bits per heavy atom. The fourth-order valence-electron chi connectivity index (χ4n) is 3.57. The van der Waals surface area contributed by atoms with Gasteiger partial charge in [-0.25, -0.2) is 0 Å². The van der Waals surface area contributed by atoms with Gasteiger partial charge in [-0.15, -0.1) is 0 Å². The van der Waals surface area contributed by atoms with Crippen molar-refractivity contribution in [3.05, 3.63) is 95.7 Å². The minimum Gasteiger partial charge on any atom is -0.497 e. The third-order valence-corrected chi connectivity index (χ3v) is 5.12. The van der Waals surface area contributed by atoms with Crippen molar-refractivity contribution in [3.8, 4) is 11.5 Å². The van der Waals surface area contributed by atoms with Crippen LogP contribution in [0.4, 0.5) is 5.69 Å². The van der Waals surface area contributed by atoms with Gasteiger partial charge in [-0.05, 0) is 61.0 Å². The van der Waals surface area contributed by atoms with E-state index in [1.54, 1.807) is 19.1 Å². The maximum Gasteiger partial charge on any atom is 0.265 e. The van der Waals surface area contributed by atoms with E-state index in [4.69, 9.17) is 14.2 Å². The molecule has 1 aliphatic heterocycles. The van der Waals surface area contributed by atoms with Crippen LogP contribution in [-0.4, -0.2) is 20.1 Å². The molecule has 30 heavy (non-hydrogen) atoms. The Kier molecular flexibility index (Phi) is 5.44. The molecule has 1 atom stereocenters. The number of benzene rings is 3. The van der Waals surface area contributed by atoms with E-state index in [-0.39, 0.29) is 5.91 Å². The van der Waals surface area contributed by atoms with E-state index in [0.29, 0.717) is 11.3 Å². The maximum atomic E-state index is 13.7. The van der Waals surface area contributed by atoms with Crippen LogP contribution in [0.15, 0.2) is 84.6 Å². The minimum atomic E-state index is -0.593. The summed E-state index contributed by atoms with van der Waals surface area (Å²) in [5.74, 6) is 1.95. The van der Waals surface area contributed by atoms with Crippen molar-refractivity contribution >= 4 is 17.2 Å². The number of rotatable bonds is 5. The zero-order chi connectivity index (χ0) is 21.1. The first-order chi connectivity index (χ1) is 14.6. The first-order valence-electron chi connectivity index (χ1n) is 9.67. The predicted octanol–water partition coefficient (Wildman–Crippen LogP) is 5.20. The van der Waals surface area contributed by atoms with E-state index in [0.717, 1.165) is 28.3 Å². The van der Waals surface area contributed by atoms with Crippen molar-refractivity contribution in [2.24, 2.45) is 0 Å². The van der Waals surface area contributed by atoms with Gasteiger partial charge in [0.15, 0.2) is 0 Å². The Labute approximate surface area is 176 Å². The van der Waals surface area contributed by atoms with Gasteiger partial charge in [0.2, 0.25) is 6.23 Å². The van der Waals surface area contributed by atoms with E-state index in [1.807, 2.05) is 85.8 Å². The lowest BCUT2D eigenvalue weighted by atomic mass is 10.00. The zero-order valence-corrected chi connectivity index (χ0v) is 17.2. The smallest absolute Gasteiger partial charge is 0.265 e. The summed E-state index contributed by atoms with van der Waals surface area (Å²) in [6.07, 6.45) is -0.593. The van der Waals surface area contributed by atoms with Crippen molar-refractivity contribution in [2.45, 2.75) is 13.2 Å². The standard InChI is InChI=1S/C25H23NO4/c1-17-23(18-7-5-4-6-8-18)24(27)26(20-11-15-22(29-3)16-12-20)25(30-17)19-9-13-21(28-2)14-10-19/h4-16,25H,1-3H3/t25-/m1/s1. The van der Waals surface area contributed by atoms with Gasteiger partial charge in [-0.3, -0.25) is 9.69 Å². The number of amides is 1. The molecule has 5 nitrogen and oxygen atoms in total. The topological polar surface area (TPSA) is 48.0 Å². The largest absolute Gasteiger partial charge is 0.497 e. The third-order valence-electron chi connectivity index (χ3n) is 5.12. The van der Waals surface area contributed by atoms with E-state index in [2.05, 4.69) is 0 Å². The molecule has 1 heterocycles. The molecule has 0 aromatic heterocycles. The number of methoxy groups -OCH3 is 2. The first kappa shape index (κ1) is 19.6. The summed E-state index contributed by atoms with van der Waals surface area (Å²) < 4.78 is 16.9. The maximum absolute atomic E-state index is 13.7. The Morgan fingerprint density at radius 3 is 1.93 bits per heavy atom. The summed E-state index contributed by atoms with van der Waals surface area (Å²) in [7, 11) is 3.24. The summed E-state index contributed by atoms with van der Waals surface area (Å²) in [5, 5.41) is 0. The second-order valence-corrected chi connectivity index (χ2v) is 6.91. The molecule has 1 amide bonds. The SMILES string of the molecule is COc1ccc([C@H]2OC(C)=C(c3ccccc3)C(=O)N2c2ccc(OC)cc2)cc1. The molecule has 0 radical (unpaired) electrons. The zero-order valence-electron chi connectivity index (χ0n) is 17.2. The van der Waals surface area contributed by atoms with Crippen LogP contribution >= 0.6 is 0 Å². The lowest BCUT2D eigenvalue weighted by Gasteiger charge is -2.37. The van der Waals surface area contributed by atoms with Crippen molar-refractivity contribution in [1.82, 2.24) is 0 Å². The summed E-state index contributed by atoms with van der Waals surface area (Å²) in [5.41, 5.74) is 2.96. The number of carbonyl (C=O) groups excluding carboxylic acids is 1. The predicted molar refractivity (Wildman–Crippen MR) is 116 cm³/mol. The Hall–Kier alpha value is -3.73. The molecule has 3 aromatic rings. The van der Waals surface area contributed by atoms with Crippen LogP contribution in [0.2, 0.25) is 0 Å². The Morgan fingerprint density at radius 2 is 1.37 bits per heavy atom. The van der Waals surface area contributed by atoms with Crippen molar-refractivity contribution in [2.75, 3.05) is 19.1 Å². The highest BCUT2D eigenvalue weighted by molar-refractivity contribution is 6.27. The van der Waals surface area contributed by atoms with Gasteiger partial charge >= 0.3 is 0 Å². The molecule has 0 saturated heterocycles. The average molecular weight is 401 g/mol. The van der Waals surface area contributed by atoms with Gasteiger partial charge in [-0.2, -0.15) is 0 Å². The van der Waals surface area contributed by atoms with Gasteiger partial charge in [0.25, 0.3) is 5.91 Å². The summed E-state index contributed by atoms with van der Waals surface area (Å²) in [6.45, 7) is 1.84. The first-order valence-corrected chi connectivity index (χ1v) is 9.67. The molecule has 152 valence electrons. The fraction of sp³-hybridized carbons (Fsp3) is 0.160. The highest BCUT2D eigenvalue weighted by Gasteiger charge is 2.37. The minimum absolute atomic E-state index is 0.115. The van der Waals surface area contributed by atoms with Gasteiger partial charge < -0.3 is 14.2 Å². The molecule has 4 rings (SSSR count). The number of hydrogen-bond donors (Lipinski definition) is 0. The monoisotopic (exact) mass is 401 g/mol. The van der Waals surface area contributed by atoms with Crippen molar-refractivity contribution in [3.63, 3.8) is 0 Å². The number of nitrogens with zero attached hydrogens (tertiary/aromatic N) is 1. The van der Waals surface area contributed by atoms with Crippen LogP contribution < -0.4 is 14.4 Å². The van der Waals surface area contributed by atoms with E-state index in [1.165, 1.54) is 0 Å². The number of carbonyl (C=O) groups is 1. The molecular formula is C25H23NO4. The number of anilines is 1. The lowest BCUT2D eigenvalue weighted by molar-refractivity contribution is -0.117. The van der Waals surface area contributed by atoms with Crippen LogP contribution in [0.1, 0.15) is 24.3 Å². The van der Waals surface area contributed by atoms with Gasteiger partial charge in [0.05, 0.1) is 19.8 Å². The second kappa shape index (κ2) is 8.33. The Balaban J connectivity index is 1.82. The van der Waals surface area contributed by atoms with E-state index in [9.17, 15) is 4.79 Å². The molecule has 0 fully saturated rings. The number of allylic oxidation sites excluding steroid dienone is 1. The fourth-order valence-corrected chi connectivity index (χ4v) is 3.57. The molecule has 0 spiro atoms. The van der Waals surface area contributed by atoms with E-state index >= 15 is 0 Å². The van der Waals surface area contributed by atoms with Crippen molar-refractivity contribution in [1.29, 1.82) is 0 Å². The highest BCUT2D eigenvalue weighted by Crippen LogP contribution is 2.40. The van der Waals surface area contributed by atoms with Crippen molar-refractivity contribution < 1.29 is 19.0 Å². The second-order valence-electron chi connectivity index (χ2n) is 6.91. The van der Waals surface area contributed by atoms with Gasteiger partial charge in [0.1, 0.15) is 17.3 Å². The van der Waals surface area contributed by atoms with Gasteiger partial charge in [0, 0.05) is 11.3 Å². The van der Waals surface area contributed by atoms with E-state index < -0.39 is 6.23 Å². The third kappa shape index (κ3) is 3.62. The van der Waals surface area contributed by atoms with Gasteiger partial charge in [-0.1, -0.05) is 30.3 Å². The molecule has 5 heteroatoms. The number of hydrogen-bond acceptors (Lipinski definition) is 4. The molecule has 1 aliphatic rings. The summed E-state index contributed by atoms with van der Waals surface area (Å²) in [4.78, 5) is 15.4. The molecule has 0 saturated carbocycles. The molecule has 0 unspecified atom stereocenters. The summed E-state index contributed by atoms with van der Waals surface area (Å²) in [6, 6.07) is 24.5. The molecule has 3 aromatic carbocycles. The van der Waals surface area contributed by atoms with Crippen LogP contribution in [0.5, 0.6) is 11.5 Å². The molecule has 0 bridgehead atoms. The average Bonchev–Trinajstić information content (AvgIpc) is 2.80. The van der Waals surface area contributed by atoms with Crippen LogP contribution in [0.25, 0.3) is 5.57 Å². The number of ether oxygens (including phenoxy) is 3. The van der Waals surface area contributed by atoms with Crippen LogP contribution in [0.3, 0.4) is 0 Å². The molecular weight excluding hydrogens is 378 g/mol. The molecule has 0 aliphatic carbocycles. The van der Waals surface area contributed by atoms with Crippen LogP contribution in [-0.2, 0) is 9.53 Å². The molecule has 0 N–H and O–H groups in total. The highest BCUT2D eigenvalue weighted by atomic mass is 16.5. The lowest BCUT2D eigenvalue weighted by Crippen LogP contribution is -2.40. The Bertz CT molecular complexity index is 1060. The summed E-state index contributed by atoms with van der Waals surface area (Å²) >= 11 is 0. The quantitative estimate of drug-likeness (QED) is 0.590. The van der Waals surface area contributed by atoms with Crippen LogP contribution in [0, 0.1) is 0 Å².